The number of hydrogen-bond acceptors (Lipinski definition) is 3. The lowest BCUT2D eigenvalue weighted by Crippen LogP contribution is -2.58. The Balaban J connectivity index is 1.47. The maximum Gasteiger partial charge on any atom is 0.216 e. The van der Waals surface area contributed by atoms with Crippen LogP contribution in [0.5, 0.6) is 0 Å². The minimum atomic E-state index is -0.183. The molecule has 0 aromatic carbocycles. The summed E-state index contributed by atoms with van der Waals surface area (Å²) in [6.07, 6.45) is 10.9. The van der Waals surface area contributed by atoms with Crippen molar-refractivity contribution < 1.29 is 15.0 Å². The Morgan fingerprint density at radius 2 is 1.73 bits per heavy atom. The fourth-order valence-corrected chi connectivity index (χ4v) is 9.07. The van der Waals surface area contributed by atoms with E-state index in [2.05, 4.69) is 26.1 Å². The molecule has 4 aliphatic carbocycles. The number of carbonyl (C=O) groups is 1. The molecular formula is C26H45NO3. The smallest absolute Gasteiger partial charge is 0.216 e. The molecule has 3 N–H and O–H groups in total. The molecule has 4 rings (SSSR count). The molecule has 4 saturated carbocycles. The SMILES string of the molecule is CC(=O)NCCC[C@@H](C)[C@H]1CC[C@H]2[C@@H]3[C@@H](O)CC4C[C@H](O)CC[C@]4(C)[C@H]3CC[C@]12C. The molecule has 0 heterocycles. The Morgan fingerprint density at radius 3 is 2.47 bits per heavy atom. The third kappa shape index (κ3) is 3.74. The van der Waals surface area contributed by atoms with Crippen LogP contribution in [0.4, 0.5) is 0 Å². The van der Waals surface area contributed by atoms with Crippen molar-refractivity contribution >= 4 is 5.91 Å². The molecule has 0 aromatic heterocycles. The third-order valence-electron chi connectivity index (χ3n) is 10.6. The van der Waals surface area contributed by atoms with Gasteiger partial charge in [0.05, 0.1) is 12.2 Å². The summed E-state index contributed by atoms with van der Waals surface area (Å²) in [6.45, 7) is 9.85. The van der Waals surface area contributed by atoms with E-state index in [1.807, 2.05) is 0 Å². The van der Waals surface area contributed by atoms with Crippen LogP contribution < -0.4 is 5.32 Å². The van der Waals surface area contributed by atoms with Crippen molar-refractivity contribution in [3.63, 3.8) is 0 Å². The monoisotopic (exact) mass is 419 g/mol. The maximum atomic E-state index is 11.3. The minimum Gasteiger partial charge on any atom is -0.393 e. The van der Waals surface area contributed by atoms with Gasteiger partial charge in [-0.3, -0.25) is 4.79 Å². The van der Waals surface area contributed by atoms with E-state index in [0.29, 0.717) is 40.4 Å². The fraction of sp³-hybridized carbons (Fsp3) is 0.962. The summed E-state index contributed by atoms with van der Waals surface area (Å²) < 4.78 is 0. The predicted octanol–water partition coefficient (Wildman–Crippen LogP) is 4.53. The van der Waals surface area contributed by atoms with E-state index in [-0.39, 0.29) is 18.1 Å². The molecule has 0 aromatic rings. The Morgan fingerprint density at radius 1 is 1.03 bits per heavy atom. The average molecular weight is 420 g/mol. The number of rotatable bonds is 5. The van der Waals surface area contributed by atoms with Gasteiger partial charge in [-0.15, -0.1) is 0 Å². The van der Waals surface area contributed by atoms with Crippen LogP contribution >= 0.6 is 0 Å². The van der Waals surface area contributed by atoms with Gasteiger partial charge in [-0.25, -0.2) is 0 Å². The Kier molecular flexibility index (Phi) is 6.31. The van der Waals surface area contributed by atoms with Gasteiger partial charge in [-0.2, -0.15) is 0 Å². The summed E-state index contributed by atoms with van der Waals surface area (Å²) in [7, 11) is 0. The first-order valence-corrected chi connectivity index (χ1v) is 12.8. The van der Waals surface area contributed by atoms with Gasteiger partial charge in [-0.05, 0) is 111 Å². The van der Waals surface area contributed by atoms with Crippen LogP contribution in [-0.4, -0.2) is 34.9 Å². The summed E-state index contributed by atoms with van der Waals surface area (Å²) in [5.41, 5.74) is 0.666. The molecule has 1 amide bonds. The molecule has 30 heavy (non-hydrogen) atoms. The first-order chi connectivity index (χ1) is 14.2. The molecule has 172 valence electrons. The second-order valence-electron chi connectivity index (χ2n) is 12.1. The molecule has 0 aliphatic heterocycles. The van der Waals surface area contributed by atoms with Crippen LogP contribution in [0.3, 0.4) is 0 Å². The lowest BCUT2D eigenvalue weighted by Gasteiger charge is -2.62. The molecule has 4 heteroatoms. The highest BCUT2D eigenvalue weighted by Crippen LogP contribution is 2.68. The van der Waals surface area contributed by atoms with Crippen LogP contribution in [0.1, 0.15) is 91.9 Å². The van der Waals surface area contributed by atoms with Crippen molar-refractivity contribution in [1.29, 1.82) is 0 Å². The number of carbonyl (C=O) groups excluding carboxylic acids is 1. The van der Waals surface area contributed by atoms with Crippen LogP contribution in [0.2, 0.25) is 0 Å². The molecule has 0 radical (unpaired) electrons. The Labute approximate surface area is 183 Å². The van der Waals surface area contributed by atoms with E-state index in [1.54, 1.807) is 6.92 Å². The van der Waals surface area contributed by atoms with Crippen molar-refractivity contribution in [3.8, 4) is 0 Å². The molecule has 0 spiro atoms. The number of amides is 1. The van der Waals surface area contributed by atoms with Gasteiger partial charge in [0.15, 0.2) is 0 Å². The first kappa shape index (κ1) is 22.6. The Hall–Kier alpha value is -0.610. The molecular weight excluding hydrogens is 374 g/mol. The van der Waals surface area contributed by atoms with Crippen molar-refractivity contribution in [3.05, 3.63) is 0 Å². The van der Waals surface area contributed by atoms with Gasteiger partial charge in [0, 0.05) is 13.5 Å². The Bertz CT molecular complexity index is 638. The zero-order valence-electron chi connectivity index (χ0n) is 19.7. The highest BCUT2D eigenvalue weighted by molar-refractivity contribution is 5.72. The van der Waals surface area contributed by atoms with E-state index < -0.39 is 0 Å². The standard InChI is InChI=1S/C26H45NO3/c1-16(6-5-13-27-17(2)28)20-7-8-21-24-22(10-12-26(20,21)4)25(3)11-9-19(29)14-18(25)15-23(24)30/h16,18-24,29-30H,5-15H2,1-4H3,(H,27,28)/t16-,18?,19-,20-,21+,22+,23+,24+,25+,26-/m1/s1. The predicted molar refractivity (Wildman–Crippen MR) is 120 cm³/mol. The number of hydrogen-bond donors (Lipinski definition) is 3. The summed E-state index contributed by atoms with van der Waals surface area (Å²) in [5, 5.41) is 24.5. The van der Waals surface area contributed by atoms with Gasteiger partial charge in [-0.1, -0.05) is 20.8 Å². The van der Waals surface area contributed by atoms with Crippen molar-refractivity contribution in [1.82, 2.24) is 5.32 Å². The van der Waals surface area contributed by atoms with E-state index in [0.717, 1.165) is 44.6 Å². The van der Waals surface area contributed by atoms with E-state index >= 15 is 0 Å². The van der Waals surface area contributed by atoms with Gasteiger partial charge in [0.1, 0.15) is 0 Å². The zero-order valence-corrected chi connectivity index (χ0v) is 19.7. The second kappa shape index (κ2) is 8.39. The largest absolute Gasteiger partial charge is 0.393 e. The van der Waals surface area contributed by atoms with Gasteiger partial charge in [0.25, 0.3) is 0 Å². The third-order valence-corrected chi connectivity index (χ3v) is 10.6. The van der Waals surface area contributed by atoms with Gasteiger partial charge in [0.2, 0.25) is 5.91 Å². The quantitative estimate of drug-likeness (QED) is 0.574. The lowest BCUT2D eigenvalue weighted by molar-refractivity contribution is -0.174. The second-order valence-corrected chi connectivity index (χ2v) is 12.1. The molecule has 0 saturated heterocycles. The summed E-state index contributed by atoms with van der Waals surface area (Å²) in [5.74, 6) is 3.72. The molecule has 1 unspecified atom stereocenters. The number of aliphatic hydroxyl groups is 2. The average Bonchev–Trinajstić information content (AvgIpc) is 3.03. The van der Waals surface area contributed by atoms with Crippen LogP contribution in [0.25, 0.3) is 0 Å². The maximum absolute atomic E-state index is 11.3. The normalized spacial score (nSPS) is 48.9. The highest BCUT2D eigenvalue weighted by Gasteiger charge is 2.62. The topological polar surface area (TPSA) is 69.6 Å². The molecule has 0 bridgehead atoms. The van der Waals surface area contributed by atoms with E-state index in [1.165, 1.54) is 32.1 Å². The van der Waals surface area contributed by atoms with Crippen LogP contribution in [-0.2, 0) is 4.79 Å². The highest BCUT2D eigenvalue weighted by atomic mass is 16.3. The number of nitrogens with one attached hydrogen (secondary N) is 1. The van der Waals surface area contributed by atoms with Gasteiger partial charge >= 0.3 is 0 Å². The molecule has 4 fully saturated rings. The minimum absolute atomic E-state index is 0.0715. The summed E-state index contributed by atoms with van der Waals surface area (Å²) in [6, 6.07) is 0. The molecule has 10 atom stereocenters. The van der Waals surface area contributed by atoms with Crippen LogP contribution in [0.15, 0.2) is 0 Å². The van der Waals surface area contributed by atoms with Gasteiger partial charge < -0.3 is 15.5 Å². The summed E-state index contributed by atoms with van der Waals surface area (Å²) in [4.78, 5) is 11.1. The zero-order chi connectivity index (χ0) is 21.7. The number of fused-ring (bicyclic) bond motifs is 5. The van der Waals surface area contributed by atoms with Crippen molar-refractivity contribution in [2.45, 2.75) is 104 Å². The first-order valence-electron chi connectivity index (χ1n) is 12.8. The van der Waals surface area contributed by atoms with E-state index in [9.17, 15) is 15.0 Å². The van der Waals surface area contributed by atoms with Crippen molar-refractivity contribution in [2.24, 2.45) is 46.3 Å². The summed E-state index contributed by atoms with van der Waals surface area (Å²) >= 11 is 0. The van der Waals surface area contributed by atoms with E-state index in [4.69, 9.17) is 0 Å². The van der Waals surface area contributed by atoms with Crippen molar-refractivity contribution in [2.75, 3.05) is 6.54 Å². The fourth-order valence-electron chi connectivity index (χ4n) is 9.07. The number of aliphatic hydroxyl groups excluding tert-OH is 2. The van der Waals surface area contributed by atoms with Crippen LogP contribution in [0, 0.1) is 46.3 Å². The molecule has 4 aliphatic rings. The lowest BCUT2D eigenvalue weighted by atomic mass is 9.43. The molecule has 4 nitrogen and oxygen atoms in total.